The number of rotatable bonds is 14. The van der Waals surface area contributed by atoms with Crippen molar-refractivity contribution in [1.82, 2.24) is 19.9 Å². The molecule has 0 saturated heterocycles. The molecule has 5 rings (SSSR count). The lowest BCUT2D eigenvalue weighted by Crippen LogP contribution is -2.02. The molecule has 0 aromatic carbocycles. The van der Waals surface area contributed by atoms with Gasteiger partial charge in [0, 0.05) is 59.6 Å². The lowest BCUT2D eigenvalue weighted by molar-refractivity contribution is 0.0668. The first-order valence-corrected chi connectivity index (χ1v) is 17.7. The lowest BCUT2D eigenvalue weighted by Gasteiger charge is -2.13. The van der Waals surface area contributed by atoms with Gasteiger partial charge in [-0.15, -0.1) is 0 Å². The van der Waals surface area contributed by atoms with Crippen molar-refractivity contribution in [2.75, 3.05) is 26.4 Å². The number of nitrogens with one attached hydrogen (secondary N) is 2. The Hall–Kier alpha value is -3.56. The van der Waals surface area contributed by atoms with Crippen molar-refractivity contribution >= 4 is 44.4 Å². The summed E-state index contributed by atoms with van der Waals surface area (Å²) in [5, 5.41) is 19.5. The average Bonchev–Trinajstić information content (AvgIpc) is 3.73. The molecule has 8 bridgehead atoms. The number of aliphatic hydroxyl groups excluding tert-OH is 2. The van der Waals surface area contributed by atoms with Gasteiger partial charge in [0.25, 0.3) is 0 Å². The first kappa shape index (κ1) is 35.7. The van der Waals surface area contributed by atoms with Crippen LogP contribution in [0.15, 0.2) is 24.3 Å². The van der Waals surface area contributed by atoms with Crippen LogP contribution in [0.1, 0.15) is 137 Å². The number of allylic oxidation sites excluding steroid dienone is 4. The van der Waals surface area contributed by atoms with Gasteiger partial charge in [-0.1, -0.05) is 13.8 Å². The first-order chi connectivity index (χ1) is 23.1. The highest BCUT2D eigenvalue weighted by atomic mass is 16.5. The van der Waals surface area contributed by atoms with Crippen LogP contribution in [0, 0.1) is 13.8 Å². The summed E-state index contributed by atoms with van der Waals surface area (Å²) in [4.78, 5) is 17.9. The maximum absolute atomic E-state index is 9.76. The largest absolute Gasteiger partial charge is 0.396 e. The predicted molar refractivity (Wildman–Crippen MR) is 197 cm³/mol. The molecule has 0 spiro atoms. The molecule has 2 unspecified atom stereocenters. The summed E-state index contributed by atoms with van der Waals surface area (Å²) in [5.41, 5.74) is 16.6. The Morgan fingerprint density at radius 3 is 1.46 bits per heavy atom. The maximum Gasteiger partial charge on any atom is 0.0820 e. The van der Waals surface area contributed by atoms with Gasteiger partial charge < -0.3 is 29.7 Å². The Kier molecular flexibility index (Phi) is 11.7. The van der Waals surface area contributed by atoms with E-state index < -0.39 is 0 Å². The van der Waals surface area contributed by atoms with E-state index in [1.54, 1.807) is 0 Å². The van der Waals surface area contributed by atoms with Gasteiger partial charge in [-0.25, -0.2) is 9.97 Å². The number of ether oxygens (including phenoxy) is 2. The van der Waals surface area contributed by atoms with Crippen molar-refractivity contribution in [2.45, 2.75) is 106 Å². The third-order valence-electron chi connectivity index (χ3n) is 9.76. The molecule has 0 radical (unpaired) electrons. The first-order valence-electron chi connectivity index (χ1n) is 17.7. The lowest BCUT2D eigenvalue weighted by atomic mass is 9.98. The van der Waals surface area contributed by atoms with Crippen LogP contribution < -0.4 is 0 Å². The molecule has 5 heterocycles. The molecule has 0 amide bonds. The number of aliphatic hydroxyl groups is 2. The molecular formula is C40H54N4O4. The molecule has 3 aromatic rings. The number of nitrogens with zero attached hydrogens (tertiary/aromatic N) is 2. The van der Waals surface area contributed by atoms with Gasteiger partial charge >= 0.3 is 0 Å². The normalized spacial score (nSPS) is 14.7. The molecule has 8 heteroatoms. The van der Waals surface area contributed by atoms with Gasteiger partial charge in [0.2, 0.25) is 0 Å². The van der Waals surface area contributed by atoms with Crippen LogP contribution in [-0.4, -0.2) is 56.6 Å². The van der Waals surface area contributed by atoms with Crippen LogP contribution in [0.3, 0.4) is 0 Å². The molecule has 4 N–H and O–H groups in total. The Bertz CT molecular complexity index is 1860. The molecule has 3 aromatic heterocycles. The smallest absolute Gasteiger partial charge is 0.0820 e. The topological polar surface area (TPSA) is 116 Å². The molecule has 258 valence electrons. The van der Waals surface area contributed by atoms with Crippen molar-refractivity contribution in [1.29, 1.82) is 0 Å². The highest BCUT2D eigenvalue weighted by Gasteiger charge is 2.23. The number of hydrogen-bond donors (Lipinski definition) is 4. The fourth-order valence-electron chi connectivity index (χ4n) is 7.09. The van der Waals surface area contributed by atoms with Gasteiger partial charge in [-0.3, -0.25) is 0 Å². The third kappa shape index (κ3) is 7.22. The molecular weight excluding hydrogens is 600 g/mol. The van der Waals surface area contributed by atoms with E-state index in [-0.39, 0.29) is 25.4 Å². The summed E-state index contributed by atoms with van der Waals surface area (Å²) in [6, 6.07) is 8.62. The van der Waals surface area contributed by atoms with Gasteiger partial charge in [0.05, 0.1) is 35.0 Å². The van der Waals surface area contributed by atoms with E-state index in [1.807, 2.05) is 0 Å². The second kappa shape index (κ2) is 15.8. The average molecular weight is 655 g/mol. The molecule has 0 saturated carbocycles. The summed E-state index contributed by atoms with van der Waals surface area (Å²) >= 11 is 0. The summed E-state index contributed by atoms with van der Waals surface area (Å²) in [6.07, 6.45) is 4.43. The van der Waals surface area contributed by atoms with E-state index in [2.05, 4.69) is 89.6 Å². The zero-order chi connectivity index (χ0) is 34.5. The minimum atomic E-state index is -0.115. The van der Waals surface area contributed by atoms with Crippen LogP contribution >= 0.6 is 0 Å². The Balaban J connectivity index is 1.92. The zero-order valence-electron chi connectivity index (χ0n) is 30.1. The Morgan fingerprint density at radius 2 is 1.02 bits per heavy atom. The van der Waals surface area contributed by atoms with Crippen LogP contribution in [0.25, 0.3) is 44.4 Å². The van der Waals surface area contributed by atoms with Gasteiger partial charge in [-0.2, -0.15) is 0 Å². The molecule has 0 fully saturated rings. The second-order valence-corrected chi connectivity index (χ2v) is 13.2. The van der Waals surface area contributed by atoms with Crippen LogP contribution in [-0.2, 0) is 9.47 Å². The Labute approximate surface area is 285 Å². The van der Waals surface area contributed by atoms with E-state index in [0.29, 0.717) is 26.1 Å². The van der Waals surface area contributed by atoms with Crippen LogP contribution in [0.5, 0.6) is 0 Å². The highest BCUT2D eigenvalue weighted by molar-refractivity contribution is 5.95. The quantitative estimate of drug-likeness (QED) is 0.138. The van der Waals surface area contributed by atoms with E-state index in [9.17, 15) is 10.2 Å². The number of aromatic amines is 2. The fourth-order valence-corrected chi connectivity index (χ4v) is 7.09. The second-order valence-electron chi connectivity index (χ2n) is 13.2. The SMILES string of the molecule is CCCOC(C)c1c(C)c2cc3[nH]c(cc4nc(cc5nc(cc1[nH]2)C(C)=C5CCCO)C(CCCO)=C4C)c(C)c3C(C)OCCC. The van der Waals surface area contributed by atoms with Crippen molar-refractivity contribution in [3.8, 4) is 0 Å². The molecule has 48 heavy (non-hydrogen) atoms. The third-order valence-corrected chi connectivity index (χ3v) is 9.76. The van der Waals surface area contributed by atoms with E-state index in [4.69, 9.17) is 19.4 Å². The minimum Gasteiger partial charge on any atom is -0.396 e. The zero-order valence-corrected chi connectivity index (χ0v) is 30.1. The number of fused-ring (bicyclic) bond motifs is 8. The summed E-state index contributed by atoms with van der Waals surface area (Å²) in [7, 11) is 0. The van der Waals surface area contributed by atoms with Gasteiger partial charge in [-0.05, 0) is 138 Å². The van der Waals surface area contributed by atoms with Crippen molar-refractivity contribution in [3.63, 3.8) is 0 Å². The van der Waals surface area contributed by atoms with Gasteiger partial charge in [0.1, 0.15) is 0 Å². The molecule has 2 aliphatic rings. The van der Waals surface area contributed by atoms with Crippen LogP contribution in [0.4, 0.5) is 0 Å². The molecule has 0 aliphatic carbocycles. The maximum atomic E-state index is 9.76. The van der Waals surface area contributed by atoms with E-state index >= 15 is 0 Å². The number of aromatic nitrogens is 4. The number of H-pyrrole nitrogens is 2. The van der Waals surface area contributed by atoms with Crippen molar-refractivity contribution in [2.24, 2.45) is 0 Å². The minimum absolute atomic E-state index is 0.103. The summed E-state index contributed by atoms with van der Waals surface area (Å²) in [5.74, 6) is 0. The van der Waals surface area contributed by atoms with Crippen LogP contribution in [0.2, 0.25) is 0 Å². The fraction of sp³-hybridized carbons (Fsp3) is 0.500. The standard InChI is InChI=1S/C40H54N4O4/c1-9-17-47-27(7)39-25(5)33-19-31-23(3)29(13-11-15-45)35(41-31)22-36-30(14-12-16-46)24(4)32(42-36)20-37-40(28(8)48-18-10-2)26(6)34(44-37)21-38(39)43-33/h19-22,27-28,43-46H,9-18H2,1-8H3. The van der Waals surface area contributed by atoms with Crippen molar-refractivity contribution < 1.29 is 19.7 Å². The molecule has 2 aliphatic heterocycles. The number of hydrogen-bond acceptors (Lipinski definition) is 6. The van der Waals surface area contributed by atoms with Gasteiger partial charge in [0.15, 0.2) is 0 Å². The molecule has 2 atom stereocenters. The Morgan fingerprint density at radius 1 is 0.604 bits per heavy atom. The molecule has 8 nitrogen and oxygen atoms in total. The van der Waals surface area contributed by atoms with E-state index in [1.165, 1.54) is 0 Å². The summed E-state index contributed by atoms with van der Waals surface area (Å²) < 4.78 is 12.6. The number of aryl methyl sites for hydroxylation is 2. The predicted octanol–water partition coefficient (Wildman–Crippen LogP) is 9.31. The summed E-state index contributed by atoms with van der Waals surface area (Å²) in [6.45, 7) is 18.7. The van der Waals surface area contributed by atoms with E-state index in [0.717, 1.165) is 115 Å². The monoisotopic (exact) mass is 654 g/mol. The highest BCUT2D eigenvalue weighted by Crippen LogP contribution is 2.39. The van der Waals surface area contributed by atoms with Crippen molar-refractivity contribution in [3.05, 3.63) is 69.3 Å².